The number of aliphatic carboxylic acids is 1. The van der Waals surface area contributed by atoms with Crippen LogP contribution in [0.5, 0.6) is 0 Å². The maximum atomic E-state index is 11.5. The smallest absolute Gasteiger partial charge is 0.310 e. The molecule has 0 bridgehead atoms. The third-order valence-electron chi connectivity index (χ3n) is 3.97. The van der Waals surface area contributed by atoms with Crippen LogP contribution in [0, 0.1) is 5.92 Å². The summed E-state index contributed by atoms with van der Waals surface area (Å²) in [6, 6.07) is 4.22. The summed E-state index contributed by atoms with van der Waals surface area (Å²) >= 11 is 5.98. The predicted octanol–water partition coefficient (Wildman–Crippen LogP) is 2.67. The van der Waals surface area contributed by atoms with Crippen LogP contribution >= 0.6 is 11.6 Å². The monoisotopic (exact) mass is 344 g/mol. The van der Waals surface area contributed by atoms with Gasteiger partial charge in [-0.1, -0.05) is 17.7 Å². The van der Waals surface area contributed by atoms with Gasteiger partial charge in [-0.3, -0.25) is 9.59 Å². The fourth-order valence-electron chi connectivity index (χ4n) is 2.84. The number of halogens is 1. The molecule has 120 valence electrons. The van der Waals surface area contributed by atoms with E-state index < -0.39 is 21.7 Å². The number of benzene rings is 1. The van der Waals surface area contributed by atoms with Crippen LogP contribution < -0.4 is 0 Å². The van der Waals surface area contributed by atoms with E-state index in [2.05, 4.69) is 0 Å². The molecule has 1 aliphatic carbocycles. The van der Waals surface area contributed by atoms with Crippen molar-refractivity contribution in [2.45, 2.75) is 36.5 Å². The first-order chi connectivity index (χ1) is 10.2. The average Bonchev–Trinajstić information content (AvgIpc) is 2.79. The zero-order chi connectivity index (χ0) is 16.5. The van der Waals surface area contributed by atoms with E-state index in [1.165, 1.54) is 18.2 Å². The molecule has 1 fully saturated rings. The van der Waals surface area contributed by atoms with Gasteiger partial charge in [-0.15, -0.1) is 0 Å². The fourth-order valence-corrected chi connectivity index (χ4v) is 4.18. The van der Waals surface area contributed by atoms with Crippen molar-refractivity contribution in [3.05, 3.63) is 28.8 Å². The molecule has 0 heterocycles. The second-order valence-electron chi connectivity index (χ2n) is 5.74. The lowest BCUT2D eigenvalue weighted by atomic mass is 9.88. The number of carbonyl (C=O) groups excluding carboxylic acids is 1. The summed E-state index contributed by atoms with van der Waals surface area (Å²) in [6.07, 6.45) is 3.03. The van der Waals surface area contributed by atoms with Crippen molar-refractivity contribution in [1.29, 1.82) is 0 Å². The van der Waals surface area contributed by atoms with Gasteiger partial charge in [0.2, 0.25) is 0 Å². The van der Waals surface area contributed by atoms with E-state index in [4.69, 9.17) is 11.6 Å². The van der Waals surface area contributed by atoms with Crippen LogP contribution in [0.25, 0.3) is 0 Å². The molecule has 1 unspecified atom stereocenters. The second-order valence-corrected chi connectivity index (χ2v) is 8.13. The Morgan fingerprint density at radius 1 is 1.45 bits per heavy atom. The van der Waals surface area contributed by atoms with Crippen molar-refractivity contribution < 1.29 is 23.1 Å². The first-order valence-corrected chi connectivity index (χ1v) is 9.19. The van der Waals surface area contributed by atoms with Gasteiger partial charge < -0.3 is 5.11 Å². The summed E-state index contributed by atoms with van der Waals surface area (Å²) in [5, 5.41) is 9.45. The molecule has 1 aliphatic rings. The summed E-state index contributed by atoms with van der Waals surface area (Å²) in [7, 11) is -3.45. The fraction of sp³-hybridized carbons (Fsp3) is 0.467. The molecule has 0 spiro atoms. The topological polar surface area (TPSA) is 88.5 Å². The van der Waals surface area contributed by atoms with Crippen molar-refractivity contribution in [3.63, 3.8) is 0 Å². The van der Waals surface area contributed by atoms with Gasteiger partial charge in [0.15, 0.2) is 9.84 Å². The highest BCUT2D eigenvalue weighted by Crippen LogP contribution is 2.34. The minimum Gasteiger partial charge on any atom is -0.481 e. The summed E-state index contributed by atoms with van der Waals surface area (Å²) < 4.78 is 23.1. The zero-order valence-corrected chi connectivity index (χ0v) is 13.7. The molecule has 0 aromatic heterocycles. The number of carboxylic acid groups (broad SMARTS) is 1. The molecule has 1 aromatic rings. The zero-order valence-electron chi connectivity index (χ0n) is 12.1. The van der Waals surface area contributed by atoms with Crippen molar-refractivity contribution >= 4 is 33.2 Å². The van der Waals surface area contributed by atoms with Gasteiger partial charge in [-0.25, -0.2) is 8.42 Å². The van der Waals surface area contributed by atoms with Gasteiger partial charge >= 0.3 is 5.97 Å². The number of rotatable bonds is 5. The van der Waals surface area contributed by atoms with Crippen molar-refractivity contribution in [1.82, 2.24) is 0 Å². The highest BCUT2D eigenvalue weighted by Gasteiger charge is 2.30. The maximum absolute atomic E-state index is 11.5. The Kier molecular flexibility index (Phi) is 4.92. The molecule has 0 amide bonds. The van der Waals surface area contributed by atoms with E-state index in [0.717, 1.165) is 6.26 Å². The molecule has 0 saturated heterocycles. The number of carbonyl (C=O) groups is 2. The molecule has 2 atom stereocenters. The quantitative estimate of drug-likeness (QED) is 0.887. The first-order valence-electron chi connectivity index (χ1n) is 6.92. The molecule has 0 aliphatic heterocycles. The van der Waals surface area contributed by atoms with Gasteiger partial charge in [-0.05, 0) is 36.5 Å². The van der Waals surface area contributed by atoms with Crippen LogP contribution in [-0.4, -0.2) is 31.5 Å². The second kappa shape index (κ2) is 6.38. The number of Topliss-reactive ketones (excluding diaryl/α,β-unsaturated/α-hetero) is 1. The van der Waals surface area contributed by atoms with Crippen LogP contribution in [0.3, 0.4) is 0 Å². The Balaban J connectivity index is 2.27. The van der Waals surface area contributed by atoms with E-state index in [-0.39, 0.29) is 21.6 Å². The normalized spacial score (nSPS) is 20.1. The molecule has 7 heteroatoms. The van der Waals surface area contributed by atoms with Gasteiger partial charge in [0.1, 0.15) is 5.78 Å². The standard InChI is InChI=1S/C15H17ClO5S/c1-22(20,21)14-5-3-10(8-13(14)16)12(15(18)19)7-9-2-4-11(17)6-9/h3,5,8-9,12H,2,4,6-7H2,1H3,(H,18,19)/t9?,12-/m1/s1. The minimum atomic E-state index is -3.45. The highest BCUT2D eigenvalue weighted by molar-refractivity contribution is 7.90. The molecule has 0 radical (unpaired) electrons. The summed E-state index contributed by atoms with van der Waals surface area (Å²) in [6.45, 7) is 0. The SMILES string of the molecule is CS(=O)(=O)c1ccc([C@@H](CC2CCC(=O)C2)C(=O)O)cc1Cl. The summed E-state index contributed by atoms with van der Waals surface area (Å²) in [5.41, 5.74) is 0.462. The highest BCUT2D eigenvalue weighted by atomic mass is 35.5. The maximum Gasteiger partial charge on any atom is 0.310 e. The van der Waals surface area contributed by atoms with Gasteiger partial charge in [0, 0.05) is 19.1 Å². The van der Waals surface area contributed by atoms with Crippen LogP contribution in [0.1, 0.15) is 37.2 Å². The van der Waals surface area contributed by atoms with E-state index in [1.54, 1.807) is 0 Å². The molecule has 5 nitrogen and oxygen atoms in total. The number of ketones is 1. The third kappa shape index (κ3) is 3.87. The summed E-state index contributed by atoms with van der Waals surface area (Å²) in [5.74, 6) is -1.56. The van der Waals surface area contributed by atoms with Gasteiger partial charge in [-0.2, -0.15) is 0 Å². The Morgan fingerprint density at radius 3 is 2.59 bits per heavy atom. The number of hydrogen-bond donors (Lipinski definition) is 1. The lowest BCUT2D eigenvalue weighted by Crippen LogP contribution is -2.15. The van der Waals surface area contributed by atoms with E-state index in [1.807, 2.05) is 0 Å². The van der Waals surface area contributed by atoms with Crippen LogP contribution in [0.2, 0.25) is 5.02 Å². The molecule has 1 N–H and O–H groups in total. The minimum absolute atomic E-state index is 0.0156. The first kappa shape index (κ1) is 17.0. The van der Waals surface area contributed by atoms with Gasteiger partial charge in [0.25, 0.3) is 0 Å². The van der Waals surface area contributed by atoms with Gasteiger partial charge in [0.05, 0.1) is 15.8 Å². The predicted molar refractivity (Wildman–Crippen MR) is 81.9 cm³/mol. The van der Waals surface area contributed by atoms with E-state index >= 15 is 0 Å². The molecular formula is C15H17ClO5S. The van der Waals surface area contributed by atoms with Crippen LogP contribution in [0.15, 0.2) is 23.1 Å². The van der Waals surface area contributed by atoms with E-state index in [9.17, 15) is 23.1 Å². The third-order valence-corrected chi connectivity index (χ3v) is 5.55. The summed E-state index contributed by atoms with van der Waals surface area (Å²) in [4.78, 5) is 22.8. The molecule has 22 heavy (non-hydrogen) atoms. The van der Waals surface area contributed by atoms with E-state index in [0.29, 0.717) is 31.2 Å². The lowest BCUT2D eigenvalue weighted by molar-refractivity contribution is -0.139. The Bertz CT molecular complexity index is 711. The van der Waals surface area contributed by atoms with Crippen LogP contribution in [0.4, 0.5) is 0 Å². The molecule has 2 rings (SSSR count). The largest absolute Gasteiger partial charge is 0.481 e. The number of carboxylic acids is 1. The lowest BCUT2D eigenvalue weighted by Gasteiger charge is -2.17. The average molecular weight is 345 g/mol. The molecular weight excluding hydrogens is 328 g/mol. The van der Waals surface area contributed by atoms with Crippen molar-refractivity contribution in [2.24, 2.45) is 5.92 Å². The van der Waals surface area contributed by atoms with Crippen molar-refractivity contribution in [3.8, 4) is 0 Å². The van der Waals surface area contributed by atoms with Crippen molar-refractivity contribution in [2.75, 3.05) is 6.26 Å². The Labute approximate surface area is 134 Å². The molecule has 1 aromatic carbocycles. The number of hydrogen-bond acceptors (Lipinski definition) is 4. The number of sulfone groups is 1. The Morgan fingerprint density at radius 2 is 2.14 bits per heavy atom. The Hall–Kier alpha value is -1.40. The van der Waals surface area contributed by atoms with Crippen LogP contribution in [-0.2, 0) is 19.4 Å². The molecule has 1 saturated carbocycles.